The van der Waals surface area contributed by atoms with Crippen molar-refractivity contribution in [2.45, 2.75) is 27.7 Å². The lowest BCUT2D eigenvalue weighted by molar-refractivity contribution is -0.119. The van der Waals surface area contributed by atoms with Gasteiger partial charge in [-0.3, -0.25) is 14.3 Å². The first-order valence-corrected chi connectivity index (χ1v) is 8.05. The summed E-state index contributed by atoms with van der Waals surface area (Å²) < 4.78 is 6.75. The maximum Gasteiger partial charge on any atom is 0.340 e. The SMILES string of the molecule is CC(=O)Nc1c(C)cccc1C(=O)OCC(=O)Nc1c(C)nn(C)c1C. The van der Waals surface area contributed by atoms with Gasteiger partial charge in [-0.25, -0.2) is 4.79 Å². The molecule has 8 nitrogen and oxygen atoms in total. The fourth-order valence-electron chi connectivity index (χ4n) is 2.52. The van der Waals surface area contributed by atoms with Crippen LogP contribution in [-0.2, 0) is 21.4 Å². The molecular formula is C18H22N4O4. The summed E-state index contributed by atoms with van der Waals surface area (Å²) in [4.78, 5) is 35.8. The van der Waals surface area contributed by atoms with E-state index in [0.717, 1.165) is 11.3 Å². The second-order valence-corrected chi connectivity index (χ2v) is 5.97. The Labute approximate surface area is 151 Å². The number of aryl methyl sites for hydroxylation is 3. The highest BCUT2D eigenvalue weighted by Crippen LogP contribution is 2.22. The van der Waals surface area contributed by atoms with Crippen molar-refractivity contribution in [2.75, 3.05) is 17.2 Å². The zero-order valence-corrected chi connectivity index (χ0v) is 15.5. The molecule has 1 heterocycles. The number of amides is 2. The van der Waals surface area contributed by atoms with E-state index in [2.05, 4.69) is 15.7 Å². The van der Waals surface area contributed by atoms with Crippen molar-refractivity contribution in [1.29, 1.82) is 0 Å². The van der Waals surface area contributed by atoms with Crippen molar-refractivity contribution < 1.29 is 19.1 Å². The number of nitrogens with zero attached hydrogens (tertiary/aromatic N) is 2. The van der Waals surface area contributed by atoms with Gasteiger partial charge in [0.25, 0.3) is 5.91 Å². The Balaban J connectivity index is 2.06. The minimum Gasteiger partial charge on any atom is -0.452 e. The van der Waals surface area contributed by atoms with Gasteiger partial charge in [0.1, 0.15) is 0 Å². The van der Waals surface area contributed by atoms with E-state index >= 15 is 0 Å². The molecule has 0 bridgehead atoms. The molecule has 0 unspecified atom stereocenters. The third kappa shape index (κ3) is 4.27. The first-order chi connectivity index (χ1) is 12.2. The molecule has 2 N–H and O–H groups in total. The van der Waals surface area contributed by atoms with Crippen molar-refractivity contribution in [2.24, 2.45) is 7.05 Å². The number of para-hydroxylation sites is 1. The number of esters is 1. The van der Waals surface area contributed by atoms with Crippen LogP contribution in [0.4, 0.5) is 11.4 Å². The van der Waals surface area contributed by atoms with Crippen molar-refractivity contribution in [1.82, 2.24) is 9.78 Å². The molecule has 1 aromatic carbocycles. The maximum atomic E-state index is 12.3. The van der Waals surface area contributed by atoms with Crippen LogP contribution in [0, 0.1) is 20.8 Å². The molecule has 8 heteroatoms. The highest BCUT2D eigenvalue weighted by molar-refractivity contribution is 6.02. The van der Waals surface area contributed by atoms with Crippen molar-refractivity contribution in [3.63, 3.8) is 0 Å². The minimum absolute atomic E-state index is 0.196. The first kappa shape index (κ1) is 19.2. The number of hydrogen-bond acceptors (Lipinski definition) is 5. The monoisotopic (exact) mass is 358 g/mol. The Hall–Kier alpha value is -3.16. The molecular weight excluding hydrogens is 336 g/mol. The molecule has 0 saturated heterocycles. The average Bonchev–Trinajstić information content (AvgIpc) is 2.80. The number of aromatic nitrogens is 2. The molecule has 0 fully saturated rings. The second-order valence-electron chi connectivity index (χ2n) is 5.97. The Kier molecular flexibility index (Phi) is 5.76. The Bertz CT molecular complexity index is 870. The second kappa shape index (κ2) is 7.81. The summed E-state index contributed by atoms with van der Waals surface area (Å²) in [5, 5.41) is 9.52. The number of rotatable bonds is 5. The first-order valence-electron chi connectivity index (χ1n) is 8.05. The Morgan fingerprint density at radius 3 is 2.38 bits per heavy atom. The number of hydrogen-bond donors (Lipinski definition) is 2. The van der Waals surface area contributed by atoms with E-state index in [4.69, 9.17) is 4.74 Å². The highest BCUT2D eigenvalue weighted by Gasteiger charge is 2.18. The van der Waals surface area contributed by atoms with Crippen LogP contribution in [0.1, 0.15) is 34.2 Å². The van der Waals surface area contributed by atoms with Gasteiger partial charge in [-0.2, -0.15) is 5.10 Å². The standard InChI is InChI=1S/C18H22N4O4/c1-10-7-6-8-14(16(10)19-13(4)23)18(25)26-9-15(24)20-17-11(2)21-22(5)12(17)3/h6-8H,9H2,1-5H3,(H,19,23)(H,20,24). The van der Waals surface area contributed by atoms with E-state index in [1.807, 2.05) is 6.92 Å². The zero-order valence-electron chi connectivity index (χ0n) is 15.5. The summed E-state index contributed by atoms with van der Waals surface area (Å²) in [7, 11) is 1.78. The molecule has 2 rings (SSSR count). The molecule has 0 atom stereocenters. The number of carbonyl (C=O) groups excluding carboxylic acids is 3. The van der Waals surface area contributed by atoms with Crippen LogP contribution in [0.15, 0.2) is 18.2 Å². The van der Waals surface area contributed by atoms with Gasteiger partial charge in [-0.05, 0) is 32.4 Å². The topological polar surface area (TPSA) is 102 Å². The lowest BCUT2D eigenvalue weighted by Crippen LogP contribution is -2.22. The number of carbonyl (C=O) groups is 3. The summed E-state index contributed by atoms with van der Waals surface area (Å²) in [6, 6.07) is 4.98. The molecule has 0 saturated carbocycles. The van der Waals surface area contributed by atoms with Crippen LogP contribution in [0.5, 0.6) is 0 Å². The fourth-order valence-corrected chi connectivity index (χ4v) is 2.52. The van der Waals surface area contributed by atoms with Crippen molar-refractivity contribution in [3.05, 3.63) is 40.7 Å². The smallest absolute Gasteiger partial charge is 0.340 e. The molecule has 138 valence electrons. The molecule has 2 amide bonds. The van der Waals surface area contributed by atoms with E-state index < -0.39 is 18.5 Å². The fraction of sp³-hybridized carbons (Fsp3) is 0.333. The summed E-state index contributed by atoms with van der Waals surface area (Å²) in [5.41, 5.74) is 3.37. The maximum absolute atomic E-state index is 12.3. The minimum atomic E-state index is -0.688. The van der Waals surface area contributed by atoms with Crippen LogP contribution in [-0.4, -0.2) is 34.2 Å². The third-order valence-corrected chi connectivity index (χ3v) is 3.90. The summed E-state index contributed by atoms with van der Waals surface area (Å²) in [5.74, 6) is -1.45. The summed E-state index contributed by atoms with van der Waals surface area (Å²) in [6.45, 7) is 6.28. The molecule has 26 heavy (non-hydrogen) atoms. The Morgan fingerprint density at radius 1 is 1.12 bits per heavy atom. The predicted molar refractivity (Wildman–Crippen MR) is 97.1 cm³/mol. The highest BCUT2D eigenvalue weighted by atomic mass is 16.5. The Morgan fingerprint density at radius 2 is 1.81 bits per heavy atom. The number of ether oxygens (including phenoxy) is 1. The van der Waals surface area contributed by atoms with Gasteiger partial charge in [0.05, 0.1) is 28.3 Å². The van der Waals surface area contributed by atoms with E-state index in [-0.39, 0.29) is 11.5 Å². The summed E-state index contributed by atoms with van der Waals surface area (Å²) >= 11 is 0. The van der Waals surface area contributed by atoms with Gasteiger partial charge in [0, 0.05) is 14.0 Å². The molecule has 0 aliphatic heterocycles. The van der Waals surface area contributed by atoms with Crippen LogP contribution >= 0.6 is 0 Å². The van der Waals surface area contributed by atoms with Gasteiger partial charge < -0.3 is 15.4 Å². The van der Waals surface area contributed by atoms with E-state index in [9.17, 15) is 14.4 Å². The van der Waals surface area contributed by atoms with E-state index in [0.29, 0.717) is 17.1 Å². The largest absolute Gasteiger partial charge is 0.452 e. The number of nitrogens with one attached hydrogen (secondary N) is 2. The quantitative estimate of drug-likeness (QED) is 0.797. The van der Waals surface area contributed by atoms with Gasteiger partial charge in [0.2, 0.25) is 5.91 Å². The van der Waals surface area contributed by atoms with E-state index in [1.165, 1.54) is 13.0 Å². The van der Waals surface area contributed by atoms with Crippen LogP contribution < -0.4 is 10.6 Å². The van der Waals surface area contributed by atoms with Crippen LogP contribution in [0.2, 0.25) is 0 Å². The van der Waals surface area contributed by atoms with Crippen LogP contribution in [0.25, 0.3) is 0 Å². The third-order valence-electron chi connectivity index (χ3n) is 3.90. The predicted octanol–water partition coefficient (Wildman–Crippen LogP) is 2.10. The molecule has 2 aromatic rings. The molecule has 0 aliphatic carbocycles. The van der Waals surface area contributed by atoms with Crippen molar-refractivity contribution in [3.8, 4) is 0 Å². The molecule has 1 aromatic heterocycles. The summed E-state index contributed by atoms with van der Waals surface area (Å²) in [6.07, 6.45) is 0. The average molecular weight is 358 g/mol. The van der Waals surface area contributed by atoms with Crippen molar-refractivity contribution >= 4 is 29.2 Å². The molecule has 0 radical (unpaired) electrons. The van der Waals surface area contributed by atoms with Gasteiger partial charge in [0.15, 0.2) is 6.61 Å². The van der Waals surface area contributed by atoms with Crippen LogP contribution in [0.3, 0.4) is 0 Å². The van der Waals surface area contributed by atoms with E-state index in [1.54, 1.807) is 37.7 Å². The van der Waals surface area contributed by atoms with Gasteiger partial charge in [-0.15, -0.1) is 0 Å². The molecule has 0 aliphatic rings. The number of benzene rings is 1. The lowest BCUT2D eigenvalue weighted by Gasteiger charge is -2.12. The lowest BCUT2D eigenvalue weighted by atomic mass is 10.1. The number of anilines is 2. The van der Waals surface area contributed by atoms with Gasteiger partial charge >= 0.3 is 5.97 Å². The van der Waals surface area contributed by atoms with Gasteiger partial charge in [-0.1, -0.05) is 12.1 Å². The molecule has 0 spiro atoms. The zero-order chi connectivity index (χ0) is 19.4. The normalized spacial score (nSPS) is 10.3.